The third-order valence-corrected chi connectivity index (χ3v) is 4.90. The lowest BCUT2D eigenvalue weighted by molar-refractivity contribution is 0.160. The Labute approximate surface area is 162 Å². The molecule has 0 bridgehead atoms. The third kappa shape index (κ3) is 5.84. The van der Waals surface area contributed by atoms with E-state index in [1.54, 1.807) is 0 Å². The molecule has 2 rings (SSSR count). The minimum Gasteiger partial charge on any atom is -0.506 e. The summed E-state index contributed by atoms with van der Waals surface area (Å²) in [4.78, 5) is 2.49. The van der Waals surface area contributed by atoms with Crippen LogP contribution in [-0.4, -0.2) is 36.2 Å². The Kier molecular flexibility index (Phi) is 11.3. The number of nitrogens with one attached hydrogen (secondary N) is 1. The molecule has 0 unspecified atom stereocenters. The summed E-state index contributed by atoms with van der Waals surface area (Å²) in [6.45, 7) is 6.35. The van der Waals surface area contributed by atoms with Crippen LogP contribution in [0.25, 0.3) is 0 Å². The lowest BCUT2D eigenvalue weighted by atomic mass is 9.98. The maximum absolute atomic E-state index is 10.4. The Hall–Kier alpha value is 0.480. The molecule has 1 heterocycles. The van der Waals surface area contributed by atoms with E-state index in [-0.39, 0.29) is 24.8 Å². The van der Waals surface area contributed by atoms with Gasteiger partial charge >= 0.3 is 0 Å². The molecule has 0 radical (unpaired) electrons. The molecule has 22 heavy (non-hydrogen) atoms. The van der Waals surface area contributed by atoms with Crippen molar-refractivity contribution in [2.75, 3.05) is 26.2 Å². The normalized spacial score (nSPS) is 16.5. The topological polar surface area (TPSA) is 35.5 Å². The summed E-state index contributed by atoms with van der Waals surface area (Å²) in [5, 5.41) is 13.8. The number of piperazine rings is 1. The lowest BCUT2D eigenvalue weighted by Crippen LogP contribution is -2.45. The van der Waals surface area contributed by atoms with Crippen LogP contribution in [0.4, 0.5) is 0 Å². The fourth-order valence-corrected chi connectivity index (χ4v) is 4.02. The summed E-state index contributed by atoms with van der Waals surface area (Å²) in [5.41, 5.74) is 1.03. The summed E-state index contributed by atoms with van der Waals surface area (Å²) in [7, 11) is 0. The number of hydrogen-bond donors (Lipinski definition) is 2. The van der Waals surface area contributed by atoms with Crippen molar-refractivity contribution in [2.24, 2.45) is 0 Å². The number of halogens is 4. The van der Waals surface area contributed by atoms with Gasteiger partial charge in [-0.25, -0.2) is 0 Å². The molecular formula is C15H24Br2Cl2N2O. The van der Waals surface area contributed by atoms with Crippen molar-refractivity contribution in [1.29, 1.82) is 0 Å². The van der Waals surface area contributed by atoms with E-state index >= 15 is 0 Å². The van der Waals surface area contributed by atoms with Gasteiger partial charge in [0, 0.05) is 42.3 Å². The lowest BCUT2D eigenvalue weighted by Gasteiger charge is -2.35. The summed E-state index contributed by atoms with van der Waals surface area (Å²) >= 11 is 6.98. The number of rotatable bonds is 5. The van der Waals surface area contributed by atoms with Crippen LogP contribution in [0.3, 0.4) is 0 Å². The zero-order valence-corrected chi connectivity index (χ0v) is 17.5. The quantitative estimate of drug-likeness (QED) is 0.632. The molecule has 1 aliphatic heterocycles. The van der Waals surface area contributed by atoms with Crippen LogP contribution in [0.1, 0.15) is 37.8 Å². The number of unbranched alkanes of at least 4 members (excludes halogenated alkanes) is 1. The zero-order valence-electron chi connectivity index (χ0n) is 12.6. The van der Waals surface area contributed by atoms with E-state index < -0.39 is 0 Å². The highest BCUT2D eigenvalue weighted by Crippen LogP contribution is 2.39. The first-order valence-corrected chi connectivity index (χ1v) is 8.84. The Morgan fingerprint density at radius 2 is 1.86 bits per heavy atom. The van der Waals surface area contributed by atoms with Crippen molar-refractivity contribution in [3.63, 3.8) is 0 Å². The number of hydrogen-bond acceptors (Lipinski definition) is 3. The fraction of sp³-hybridized carbons (Fsp3) is 0.600. The SMILES string of the molecule is CCCC[C@H](c1cc(Br)cc(Br)c1O)N1CCNCC1.Cl.Cl. The Morgan fingerprint density at radius 3 is 2.45 bits per heavy atom. The first-order valence-electron chi connectivity index (χ1n) is 7.26. The molecule has 3 nitrogen and oxygen atoms in total. The van der Waals surface area contributed by atoms with Crippen LogP contribution in [0.5, 0.6) is 5.75 Å². The highest BCUT2D eigenvalue weighted by Gasteiger charge is 2.25. The van der Waals surface area contributed by atoms with Gasteiger partial charge in [0.05, 0.1) is 4.47 Å². The highest BCUT2D eigenvalue weighted by atomic mass is 79.9. The number of phenols is 1. The largest absolute Gasteiger partial charge is 0.506 e. The third-order valence-electron chi connectivity index (χ3n) is 3.84. The standard InChI is InChI=1S/C15H22Br2N2O.2ClH/c1-2-3-4-14(19-7-5-18-6-8-19)12-9-11(16)10-13(17)15(12)20;;/h9-10,14,18,20H,2-8H2,1H3;2*1H/t14-;;/m1../s1. The van der Waals surface area contributed by atoms with Crippen LogP contribution in [0, 0.1) is 0 Å². The fourth-order valence-electron chi connectivity index (χ4n) is 2.77. The van der Waals surface area contributed by atoms with Crippen LogP contribution < -0.4 is 5.32 Å². The molecule has 1 fully saturated rings. The summed E-state index contributed by atoms with van der Waals surface area (Å²) < 4.78 is 1.77. The minimum atomic E-state index is 0. The number of nitrogens with zero attached hydrogens (tertiary/aromatic N) is 1. The molecule has 1 saturated heterocycles. The molecule has 2 N–H and O–H groups in total. The molecule has 0 spiro atoms. The van der Waals surface area contributed by atoms with Gasteiger partial charge in [0.2, 0.25) is 0 Å². The molecule has 1 aliphatic rings. The van der Waals surface area contributed by atoms with Crippen molar-refractivity contribution in [3.05, 3.63) is 26.6 Å². The maximum Gasteiger partial charge on any atom is 0.134 e. The number of aromatic hydroxyl groups is 1. The first-order chi connectivity index (χ1) is 9.63. The van der Waals surface area contributed by atoms with Gasteiger partial charge in [-0.2, -0.15) is 0 Å². The average molecular weight is 479 g/mol. The minimum absolute atomic E-state index is 0. The van der Waals surface area contributed by atoms with E-state index in [4.69, 9.17) is 0 Å². The second-order valence-electron chi connectivity index (χ2n) is 5.27. The Balaban J connectivity index is 0.00000220. The van der Waals surface area contributed by atoms with E-state index in [0.717, 1.165) is 47.1 Å². The van der Waals surface area contributed by atoms with Gasteiger partial charge < -0.3 is 10.4 Å². The molecule has 0 saturated carbocycles. The smallest absolute Gasteiger partial charge is 0.134 e. The Bertz CT molecular complexity index is 457. The molecular weight excluding hydrogens is 455 g/mol. The van der Waals surface area contributed by atoms with Gasteiger partial charge in [0.1, 0.15) is 5.75 Å². The van der Waals surface area contributed by atoms with Crippen molar-refractivity contribution in [2.45, 2.75) is 32.2 Å². The summed E-state index contributed by atoms with van der Waals surface area (Å²) in [6, 6.07) is 4.25. The molecule has 0 aliphatic carbocycles. The van der Waals surface area contributed by atoms with Crippen LogP contribution in [-0.2, 0) is 0 Å². The summed E-state index contributed by atoms with van der Waals surface area (Å²) in [6.07, 6.45) is 3.45. The van der Waals surface area contributed by atoms with E-state index in [0.29, 0.717) is 11.8 Å². The molecule has 1 atom stereocenters. The van der Waals surface area contributed by atoms with Gasteiger partial charge in [-0.3, -0.25) is 4.90 Å². The molecule has 128 valence electrons. The monoisotopic (exact) mass is 476 g/mol. The number of benzene rings is 1. The van der Waals surface area contributed by atoms with Gasteiger partial charge in [-0.1, -0.05) is 35.7 Å². The van der Waals surface area contributed by atoms with Gasteiger partial charge in [-0.05, 0) is 34.5 Å². The molecule has 0 amide bonds. The molecule has 1 aromatic rings. The van der Waals surface area contributed by atoms with Gasteiger partial charge in [0.15, 0.2) is 0 Å². The van der Waals surface area contributed by atoms with Crippen molar-refractivity contribution >= 4 is 56.7 Å². The van der Waals surface area contributed by atoms with Crippen molar-refractivity contribution < 1.29 is 5.11 Å². The predicted molar refractivity (Wildman–Crippen MR) is 105 cm³/mol. The molecule has 7 heteroatoms. The van der Waals surface area contributed by atoms with Crippen LogP contribution in [0.15, 0.2) is 21.1 Å². The average Bonchev–Trinajstić information content (AvgIpc) is 2.45. The van der Waals surface area contributed by atoms with E-state index in [9.17, 15) is 5.11 Å². The van der Waals surface area contributed by atoms with E-state index in [1.165, 1.54) is 12.8 Å². The molecule has 0 aromatic heterocycles. The highest BCUT2D eigenvalue weighted by molar-refractivity contribution is 9.11. The first kappa shape index (κ1) is 22.5. The maximum atomic E-state index is 10.4. The van der Waals surface area contributed by atoms with Crippen LogP contribution >= 0.6 is 56.7 Å². The zero-order chi connectivity index (χ0) is 14.5. The number of phenolic OH excluding ortho intramolecular Hbond substituents is 1. The second-order valence-corrected chi connectivity index (χ2v) is 7.04. The van der Waals surface area contributed by atoms with E-state index in [2.05, 4.69) is 55.1 Å². The Morgan fingerprint density at radius 1 is 1.23 bits per heavy atom. The van der Waals surface area contributed by atoms with Gasteiger partial charge in [0.25, 0.3) is 0 Å². The van der Waals surface area contributed by atoms with Crippen molar-refractivity contribution in [1.82, 2.24) is 10.2 Å². The second kappa shape index (κ2) is 11.1. The van der Waals surface area contributed by atoms with Crippen molar-refractivity contribution in [3.8, 4) is 5.75 Å². The molecule has 1 aromatic carbocycles. The summed E-state index contributed by atoms with van der Waals surface area (Å²) in [5.74, 6) is 0.382. The predicted octanol–water partition coefficient (Wildman–Crippen LogP) is 4.90. The van der Waals surface area contributed by atoms with E-state index in [1.807, 2.05) is 6.07 Å². The van der Waals surface area contributed by atoms with Crippen LogP contribution in [0.2, 0.25) is 0 Å². The van der Waals surface area contributed by atoms with Gasteiger partial charge in [-0.15, -0.1) is 24.8 Å².